The number of ether oxygens (including phenoxy) is 3. The number of hydrogen-bond donors (Lipinski definition) is 0. The van der Waals surface area contributed by atoms with Gasteiger partial charge in [-0.2, -0.15) is 0 Å². The maximum atomic E-state index is 14.2. The summed E-state index contributed by atoms with van der Waals surface area (Å²) in [6, 6.07) is 27.4. The third-order valence-electron chi connectivity index (χ3n) is 7.33. The number of benzene rings is 4. The van der Waals surface area contributed by atoms with E-state index in [0.717, 1.165) is 16.7 Å². The first-order valence-electron chi connectivity index (χ1n) is 14.5. The van der Waals surface area contributed by atoms with Crippen LogP contribution in [0, 0.1) is 5.82 Å². The molecule has 10 heteroatoms. The van der Waals surface area contributed by atoms with Crippen molar-refractivity contribution in [2.24, 2.45) is 4.99 Å². The van der Waals surface area contributed by atoms with Crippen LogP contribution in [0.1, 0.15) is 35.2 Å². The van der Waals surface area contributed by atoms with E-state index in [-0.39, 0.29) is 35.2 Å². The summed E-state index contributed by atoms with van der Waals surface area (Å²) >= 11 is 7.85. The number of methoxy groups -OCH3 is 1. The predicted octanol–water partition coefficient (Wildman–Crippen LogP) is 6.32. The lowest BCUT2D eigenvalue weighted by Gasteiger charge is -2.25. The second kappa shape index (κ2) is 13.6. The highest BCUT2D eigenvalue weighted by atomic mass is 35.5. The SMILES string of the molecule is CCOC(=O)C1=C(c2ccccc2)N=c2s/c(=C\c3cc(Cl)c(OCc4ccc(F)cc4)c(OC)c3)c(=O)n2[C@H]1c1ccccc1. The third kappa shape index (κ3) is 6.24. The molecular weight excluding hydrogens is 627 g/mol. The van der Waals surface area contributed by atoms with E-state index in [4.69, 9.17) is 30.8 Å². The fourth-order valence-corrected chi connectivity index (χ4v) is 6.52. The molecule has 0 bridgehead atoms. The van der Waals surface area contributed by atoms with Crippen LogP contribution in [0.15, 0.2) is 112 Å². The van der Waals surface area contributed by atoms with Gasteiger partial charge in [0.1, 0.15) is 12.4 Å². The van der Waals surface area contributed by atoms with Crippen LogP contribution in [0.25, 0.3) is 11.8 Å². The standard InChI is InChI=1S/C36H28ClFN2O5S/c1-3-44-35(42)30-31(24-10-6-4-7-11-24)39-36-40(32(30)25-12-8-5-9-13-25)34(41)29(46-36)20-23-18-27(37)33(28(19-23)43-2)45-21-22-14-16-26(38)17-15-22/h4-20,32H,3,21H2,1-2H3/b29-20-/t32-/m0/s1. The van der Waals surface area contributed by atoms with Gasteiger partial charge in [0, 0.05) is 5.56 Å². The number of halogens is 2. The molecule has 5 aromatic rings. The number of hydrogen-bond acceptors (Lipinski definition) is 7. The van der Waals surface area contributed by atoms with E-state index < -0.39 is 12.0 Å². The maximum Gasteiger partial charge on any atom is 0.338 e. The topological polar surface area (TPSA) is 79.1 Å². The van der Waals surface area contributed by atoms with Crippen molar-refractivity contribution in [2.45, 2.75) is 19.6 Å². The Labute approximate surface area is 273 Å². The van der Waals surface area contributed by atoms with E-state index in [1.807, 2.05) is 60.7 Å². The van der Waals surface area contributed by atoms with Gasteiger partial charge in [-0.1, -0.05) is 95.7 Å². The number of nitrogens with zero attached hydrogens (tertiary/aromatic N) is 2. The van der Waals surface area contributed by atoms with Crippen LogP contribution in [-0.2, 0) is 16.1 Å². The molecule has 0 fully saturated rings. The number of aromatic nitrogens is 1. The Morgan fingerprint density at radius 1 is 1.02 bits per heavy atom. The molecule has 232 valence electrons. The molecule has 1 atom stereocenters. The quantitative estimate of drug-likeness (QED) is 0.174. The number of fused-ring (bicyclic) bond motifs is 1. The van der Waals surface area contributed by atoms with E-state index in [1.54, 1.807) is 41.8 Å². The molecule has 7 nitrogen and oxygen atoms in total. The average Bonchev–Trinajstić information content (AvgIpc) is 3.38. The van der Waals surface area contributed by atoms with Crippen molar-refractivity contribution in [3.63, 3.8) is 0 Å². The molecule has 1 aliphatic rings. The van der Waals surface area contributed by atoms with Crippen molar-refractivity contribution in [1.82, 2.24) is 4.57 Å². The van der Waals surface area contributed by atoms with Gasteiger partial charge in [0.05, 0.1) is 40.6 Å². The summed E-state index contributed by atoms with van der Waals surface area (Å²) in [7, 11) is 1.50. The number of thiazole rings is 1. The number of rotatable bonds is 9. The van der Waals surface area contributed by atoms with E-state index in [2.05, 4.69) is 0 Å². The Balaban J connectivity index is 1.48. The van der Waals surface area contributed by atoms with Crippen LogP contribution >= 0.6 is 22.9 Å². The van der Waals surface area contributed by atoms with Crippen molar-refractivity contribution in [2.75, 3.05) is 13.7 Å². The van der Waals surface area contributed by atoms with Gasteiger partial charge in [-0.25, -0.2) is 14.2 Å². The lowest BCUT2D eigenvalue weighted by molar-refractivity contribution is -0.138. The second-order valence-electron chi connectivity index (χ2n) is 10.3. The number of esters is 1. The van der Waals surface area contributed by atoms with Gasteiger partial charge in [-0.15, -0.1) is 0 Å². The fraction of sp³-hybridized carbons (Fsp3) is 0.139. The van der Waals surface area contributed by atoms with Gasteiger partial charge < -0.3 is 14.2 Å². The maximum absolute atomic E-state index is 14.2. The van der Waals surface area contributed by atoms with Crippen molar-refractivity contribution >= 4 is 40.7 Å². The zero-order chi connectivity index (χ0) is 32.2. The summed E-state index contributed by atoms with van der Waals surface area (Å²) in [5.41, 5.74) is 3.25. The second-order valence-corrected chi connectivity index (χ2v) is 11.7. The first-order chi connectivity index (χ1) is 22.4. The van der Waals surface area contributed by atoms with Crippen LogP contribution in [0.3, 0.4) is 0 Å². The molecule has 0 spiro atoms. The molecule has 46 heavy (non-hydrogen) atoms. The van der Waals surface area contributed by atoms with Gasteiger partial charge in [-0.3, -0.25) is 9.36 Å². The predicted molar refractivity (Wildman–Crippen MR) is 176 cm³/mol. The number of carbonyl (C=O) groups is 1. The van der Waals surface area contributed by atoms with E-state index in [1.165, 1.54) is 30.6 Å². The van der Waals surface area contributed by atoms with Gasteiger partial charge in [-0.05, 0) is 54.0 Å². The van der Waals surface area contributed by atoms with Crippen molar-refractivity contribution < 1.29 is 23.4 Å². The first-order valence-corrected chi connectivity index (χ1v) is 15.7. The first kappa shape index (κ1) is 31.0. The molecule has 0 amide bonds. The molecule has 0 unspecified atom stereocenters. The number of carbonyl (C=O) groups excluding carboxylic acids is 1. The van der Waals surface area contributed by atoms with E-state index >= 15 is 0 Å². The summed E-state index contributed by atoms with van der Waals surface area (Å²) in [6.07, 6.45) is 1.71. The molecule has 0 N–H and O–H groups in total. The summed E-state index contributed by atoms with van der Waals surface area (Å²) in [4.78, 5) is 33.0. The van der Waals surface area contributed by atoms with Crippen LogP contribution < -0.4 is 24.4 Å². The minimum Gasteiger partial charge on any atom is -0.493 e. The fourth-order valence-electron chi connectivity index (χ4n) is 5.24. The summed E-state index contributed by atoms with van der Waals surface area (Å²) in [5.74, 6) is -0.187. The molecule has 0 aliphatic carbocycles. The molecule has 1 aromatic heterocycles. The summed E-state index contributed by atoms with van der Waals surface area (Å²) in [5, 5.41) is 0.276. The average molecular weight is 655 g/mol. The molecule has 2 heterocycles. The highest BCUT2D eigenvalue weighted by molar-refractivity contribution is 7.07. The van der Waals surface area contributed by atoms with Crippen LogP contribution in [-0.4, -0.2) is 24.3 Å². The zero-order valence-electron chi connectivity index (χ0n) is 24.9. The zero-order valence-corrected chi connectivity index (χ0v) is 26.5. The van der Waals surface area contributed by atoms with Crippen molar-refractivity contribution in [1.29, 1.82) is 0 Å². The normalized spacial score (nSPS) is 14.4. The summed E-state index contributed by atoms with van der Waals surface area (Å²) in [6.45, 7) is 2.06. The minimum absolute atomic E-state index is 0.153. The molecule has 0 saturated heterocycles. The monoisotopic (exact) mass is 654 g/mol. The van der Waals surface area contributed by atoms with Crippen molar-refractivity contribution in [3.8, 4) is 11.5 Å². The Kier molecular flexibility index (Phi) is 9.14. The molecule has 4 aromatic carbocycles. The Morgan fingerprint density at radius 2 is 1.72 bits per heavy atom. The largest absolute Gasteiger partial charge is 0.493 e. The van der Waals surface area contributed by atoms with Crippen LogP contribution in [0.4, 0.5) is 4.39 Å². The van der Waals surface area contributed by atoms with Crippen molar-refractivity contribution in [3.05, 3.63) is 155 Å². The highest BCUT2D eigenvalue weighted by Crippen LogP contribution is 2.38. The van der Waals surface area contributed by atoms with Crippen LogP contribution in [0.2, 0.25) is 5.02 Å². The molecule has 0 radical (unpaired) electrons. The smallest absolute Gasteiger partial charge is 0.338 e. The Bertz CT molecular complexity index is 2110. The Hall–Kier alpha value is -4.99. The lowest BCUT2D eigenvalue weighted by atomic mass is 9.93. The van der Waals surface area contributed by atoms with E-state index in [9.17, 15) is 14.0 Å². The van der Waals surface area contributed by atoms with E-state index in [0.29, 0.717) is 32.1 Å². The van der Waals surface area contributed by atoms with Crippen LogP contribution in [0.5, 0.6) is 11.5 Å². The van der Waals surface area contributed by atoms with Gasteiger partial charge in [0.25, 0.3) is 5.56 Å². The minimum atomic E-state index is -0.769. The molecule has 6 rings (SSSR count). The highest BCUT2D eigenvalue weighted by Gasteiger charge is 2.35. The molecule has 1 aliphatic heterocycles. The third-order valence-corrected chi connectivity index (χ3v) is 8.60. The molecular formula is C36H28ClFN2O5S. The van der Waals surface area contributed by atoms with Gasteiger partial charge in [0.15, 0.2) is 16.3 Å². The Morgan fingerprint density at radius 3 is 2.39 bits per heavy atom. The molecule has 0 saturated carbocycles. The van der Waals surface area contributed by atoms with Gasteiger partial charge >= 0.3 is 5.97 Å². The summed E-state index contributed by atoms with van der Waals surface area (Å²) < 4.78 is 32.3. The van der Waals surface area contributed by atoms with Gasteiger partial charge in [0.2, 0.25) is 0 Å². The lowest BCUT2D eigenvalue weighted by Crippen LogP contribution is -2.39.